The second-order valence-electron chi connectivity index (χ2n) is 26.2. The predicted molar refractivity (Wildman–Crippen MR) is 423 cm³/mol. The van der Waals surface area contributed by atoms with Gasteiger partial charge in [-0.1, -0.05) is 75.2 Å². The first kappa shape index (κ1) is 91.7. The molecule has 10 heterocycles. The first-order valence-corrected chi connectivity index (χ1v) is 38.2. The number of aryl methyl sites for hydroxylation is 5. The summed E-state index contributed by atoms with van der Waals surface area (Å²) in [7, 11) is -0.786. The fourth-order valence-electron chi connectivity index (χ4n) is 9.88. The summed E-state index contributed by atoms with van der Waals surface area (Å²) in [6.45, 7) is 27.6. The summed E-state index contributed by atoms with van der Waals surface area (Å²) < 4.78 is 141. The molecule has 0 unspecified atom stereocenters. The number of nitrogens with two attached hydrogens (primary N) is 6. The second-order valence-corrected chi connectivity index (χ2v) is 29.7. The zero-order valence-corrected chi connectivity index (χ0v) is 69.2. The maximum Gasteiger partial charge on any atom is 0.421 e. The average molecular weight is 1650 g/mol. The lowest BCUT2D eigenvalue weighted by atomic mass is 10.1. The summed E-state index contributed by atoms with van der Waals surface area (Å²) >= 11 is 0. The minimum absolute atomic E-state index is 0.0292. The number of sulfonamides is 1. The second kappa shape index (κ2) is 39.5. The molecule has 0 aromatic carbocycles. The summed E-state index contributed by atoms with van der Waals surface area (Å²) in [5.41, 5.74) is 31.6. The number of ether oxygens (including phenoxy) is 10. The van der Waals surface area contributed by atoms with E-state index in [9.17, 15) is 35.3 Å². The van der Waals surface area contributed by atoms with E-state index in [1.807, 2.05) is 61.5 Å². The Morgan fingerprint density at radius 1 is 0.379 bits per heavy atom. The van der Waals surface area contributed by atoms with E-state index >= 15 is 0 Å². The van der Waals surface area contributed by atoms with Crippen LogP contribution in [0.25, 0.3) is 0 Å². The molecule has 0 amide bonds. The Bertz CT molecular complexity index is 5250. The van der Waals surface area contributed by atoms with E-state index in [1.165, 1.54) is 71.6 Å². The van der Waals surface area contributed by atoms with E-state index in [-0.39, 0.29) is 126 Å². The third-order valence-electron chi connectivity index (χ3n) is 15.4. The lowest BCUT2D eigenvalue weighted by molar-refractivity contribution is -0.139. The molecule has 41 heteroatoms. The average Bonchev–Trinajstić information content (AvgIpc) is 0.791. The van der Waals surface area contributed by atoms with Crippen molar-refractivity contribution < 1.29 is 77.4 Å². The van der Waals surface area contributed by atoms with E-state index in [4.69, 9.17) is 87.6 Å². The van der Waals surface area contributed by atoms with E-state index in [0.717, 1.165) is 25.1 Å². The molecule has 36 nitrogen and oxygen atoms in total. The molecule has 10 rings (SSSR count). The molecule has 0 bridgehead atoms. The van der Waals surface area contributed by atoms with E-state index in [0.29, 0.717) is 86.3 Å². The van der Waals surface area contributed by atoms with Crippen molar-refractivity contribution in [2.24, 2.45) is 5.14 Å². The van der Waals surface area contributed by atoms with Gasteiger partial charge in [-0.2, -0.15) is 18.4 Å². The highest BCUT2D eigenvalue weighted by Gasteiger charge is 2.38. The van der Waals surface area contributed by atoms with Gasteiger partial charge in [0.15, 0.2) is 90.7 Å². The van der Waals surface area contributed by atoms with Gasteiger partial charge in [0, 0.05) is 36.6 Å². The number of hydrogen-bond donors (Lipinski definition) is 6. The van der Waals surface area contributed by atoms with Gasteiger partial charge >= 0.3 is 6.18 Å². The van der Waals surface area contributed by atoms with E-state index in [1.54, 1.807) is 60.6 Å². The molecule has 10 aromatic rings. The molecular weight excluding hydrogens is 1550 g/mol. The Hall–Kier alpha value is -13.2. The van der Waals surface area contributed by atoms with Crippen LogP contribution in [0.5, 0.6) is 86.9 Å². The summed E-state index contributed by atoms with van der Waals surface area (Å²) in [5.74, 6) is 8.37. The van der Waals surface area contributed by atoms with Gasteiger partial charge in [-0.05, 0) is 64.2 Å². The number of sulfone groups is 1. The number of methoxy groups -OCH3 is 5. The summed E-state index contributed by atoms with van der Waals surface area (Å²) in [4.78, 5) is 61.1. The molecule has 12 N–H and O–H groups in total. The molecule has 0 spiro atoms. The number of hydrogen-bond acceptors (Lipinski definition) is 35. The largest absolute Gasteiger partial charge is 0.481 e. The molecule has 0 fully saturated rings. The summed E-state index contributed by atoms with van der Waals surface area (Å²) in [6, 6.07) is 8.82. The molecule has 0 aliphatic heterocycles. The van der Waals surface area contributed by atoms with Crippen molar-refractivity contribution in [2.45, 2.75) is 149 Å². The lowest BCUT2D eigenvalue weighted by Gasteiger charge is -2.18. The lowest BCUT2D eigenvalue weighted by Crippen LogP contribution is -2.15. The SMILES string of the molecule is C#Cc1cc(Oc2cnc(C)nc2N)c(C(C)C)nc1OC.COc1nc(C(C)C)c(Oc2cnc(C)nc2N)cc1C#N.COc1nc(C(C)C)c(Oc2cnc(C)nc2N)cc1C(F)(F)F.COc1nc(C(C)C)c(Oc2cnc(C)nc2N)cc1S(C)(=O)=O.COc1nc(C(C)C)c(Oc2cnc(C)nc2N)cc1S(N)(=O)=O. The standard InChI is InChI=1S/C16H18N4O2.C15H17F3N4O2.C15H17N5O2.C15H20N4O4S.C14H19N5O4S/c1-6-11-7-12(14(9(2)3)20-16(11)21-5)22-13-8-18-10(4)19-15(13)17;1-7(2)12-10(24-11-6-20-8(3)21-13(11)19)5-9(15(16,17)18)14(22-12)23-4;1-8(2)13-11(5-10(6-16)15(20-13)21-4)22-12-7-18-9(3)19-14(12)17;1-8(2)13-10(23-11-7-17-9(3)18-14(11)16)6-12(24(5,20)21)15(19-13)22-4;1-7(2)12-9(23-10-6-17-8(3)18-13(10)15)5-11(24(16,20)21)14(19-12)22-4/h1,7-9H,2-5H3,(H2,17,18,19);5-7H,1-4H3,(H2,19,20,21);5,7-8H,1-4H3,(H2,17,18,19);6-8H,1-5H3,(H2,16,17,18);5-7H,1-4H3,(H2,15,17,18)(H2,16,20,21). The van der Waals surface area contributed by atoms with E-state index < -0.39 is 37.5 Å². The molecule has 0 aliphatic rings. The maximum absolute atomic E-state index is 13.2. The Morgan fingerprint density at radius 2 is 0.621 bits per heavy atom. The fourth-order valence-corrected chi connectivity index (χ4v) is 11.3. The van der Waals surface area contributed by atoms with Crippen LogP contribution < -0.4 is 81.2 Å². The fraction of sp³-hybridized carbons (Fsp3) is 0.360. The number of alkyl halides is 3. The van der Waals surface area contributed by atoms with Crippen molar-refractivity contribution in [3.63, 3.8) is 0 Å². The Balaban J connectivity index is 0.000000226. The number of nitrogen functional groups attached to an aromatic ring is 5. The van der Waals surface area contributed by atoms with Crippen LogP contribution in [0, 0.1) is 58.3 Å². The molecule has 0 aliphatic carbocycles. The number of halogens is 3. The highest BCUT2D eigenvalue weighted by atomic mass is 32.2. The smallest absolute Gasteiger partial charge is 0.421 e. The van der Waals surface area contributed by atoms with Crippen molar-refractivity contribution in [1.82, 2.24) is 74.8 Å². The normalized spacial score (nSPS) is 11.1. The number of primary sulfonamides is 1. The highest BCUT2D eigenvalue weighted by molar-refractivity contribution is 7.90. The van der Waals surface area contributed by atoms with Crippen LogP contribution in [0.15, 0.2) is 71.1 Å². The number of nitriles is 1. The Morgan fingerprint density at radius 3 is 0.862 bits per heavy atom. The predicted octanol–water partition coefficient (Wildman–Crippen LogP) is 12.4. The van der Waals surface area contributed by atoms with Crippen LogP contribution in [0.4, 0.5) is 42.3 Å². The van der Waals surface area contributed by atoms with Gasteiger partial charge in [0.2, 0.25) is 39.4 Å². The third-order valence-corrected chi connectivity index (χ3v) is 17.4. The van der Waals surface area contributed by atoms with Crippen LogP contribution in [-0.2, 0) is 26.0 Å². The monoisotopic (exact) mass is 1640 g/mol. The molecule has 0 saturated heterocycles. The first-order valence-electron chi connectivity index (χ1n) is 34.8. The van der Waals surface area contributed by atoms with Crippen LogP contribution in [0.2, 0.25) is 0 Å². The molecule has 10 aromatic heterocycles. The Labute approximate surface area is 669 Å². The summed E-state index contributed by atoms with van der Waals surface area (Å²) in [5, 5.41) is 14.4. The number of nitrogens with zero attached hydrogens (tertiary/aromatic N) is 16. The first-order chi connectivity index (χ1) is 54.3. The number of terminal acetylenes is 1. The maximum atomic E-state index is 13.2. The minimum atomic E-state index is -4.64. The molecule has 0 saturated carbocycles. The third kappa shape index (κ3) is 24.2. The molecule has 116 heavy (non-hydrogen) atoms. The molecular formula is C75H91F3N22O14S2. The number of aromatic nitrogens is 15. The van der Waals surface area contributed by atoms with Gasteiger partial charge in [0.25, 0.3) is 0 Å². The minimum Gasteiger partial charge on any atom is -0.481 e. The van der Waals surface area contributed by atoms with Gasteiger partial charge in [-0.15, -0.1) is 6.42 Å². The van der Waals surface area contributed by atoms with Gasteiger partial charge in [-0.3, -0.25) is 0 Å². The topological polar surface area (TPSA) is 534 Å². The quantitative estimate of drug-likeness (QED) is 0.0343. The van der Waals surface area contributed by atoms with E-state index in [2.05, 4.69) is 80.7 Å². The zero-order chi connectivity index (χ0) is 86.8. The van der Waals surface area contributed by atoms with Gasteiger partial charge < -0.3 is 76.0 Å². The van der Waals surface area contributed by atoms with Crippen LogP contribution in [-0.4, -0.2) is 133 Å². The molecule has 0 atom stereocenters. The van der Waals surface area contributed by atoms with Crippen molar-refractivity contribution in [2.75, 3.05) is 70.5 Å². The number of anilines is 5. The van der Waals surface area contributed by atoms with Crippen LogP contribution in [0.3, 0.4) is 0 Å². The van der Waals surface area contributed by atoms with Gasteiger partial charge in [0.1, 0.15) is 61.9 Å². The number of pyridine rings is 5. The molecule has 618 valence electrons. The summed E-state index contributed by atoms with van der Waals surface area (Å²) in [6.07, 6.45) is 9.10. The number of rotatable bonds is 22. The zero-order valence-electron chi connectivity index (χ0n) is 67.5. The van der Waals surface area contributed by atoms with Crippen LogP contribution >= 0.6 is 0 Å². The van der Waals surface area contributed by atoms with Crippen molar-refractivity contribution in [1.29, 1.82) is 5.26 Å². The molecule has 0 radical (unpaired) electrons. The van der Waals surface area contributed by atoms with Crippen molar-refractivity contribution >= 4 is 48.9 Å². The highest BCUT2D eigenvalue weighted by Crippen LogP contribution is 2.44. The Kier molecular flexibility index (Phi) is 31.3. The van der Waals surface area contributed by atoms with Crippen molar-refractivity contribution in [3.05, 3.63) is 136 Å². The van der Waals surface area contributed by atoms with Gasteiger partial charge in [-0.25, -0.2) is 96.7 Å². The van der Waals surface area contributed by atoms with Gasteiger partial charge in [0.05, 0.1) is 101 Å². The van der Waals surface area contributed by atoms with Crippen LogP contribution in [0.1, 0.15) is 173 Å². The van der Waals surface area contributed by atoms with Crippen molar-refractivity contribution in [3.8, 4) is 105 Å².